The number of carbonyl (C=O) groups is 1. The second-order valence-electron chi connectivity index (χ2n) is 15.6. The predicted octanol–water partition coefficient (Wildman–Crippen LogP) is 9.02. The molecule has 3 aromatic heterocycles. The van der Waals surface area contributed by atoms with E-state index in [2.05, 4.69) is 99.3 Å². The number of ether oxygens (including phenoxy) is 2. The number of aryl methyl sites for hydroxylation is 1. The minimum atomic E-state index is -1.85. The van der Waals surface area contributed by atoms with Gasteiger partial charge in [-0.15, -0.1) is 21.5 Å². The lowest BCUT2D eigenvalue weighted by Gasteiger charge is -2.36. The summed E-state index contributed by atoms with van der Waals surface area (Å²) >= 11 is 3.18. The number of benzene rings is 1. The Kier molecular flexibility index (Phi) is 12.2. The molecular formula is C36H54N6O4S2Si2. The summed E-state index contributed by atoms with van der Waals surface area (Å²) in [7, 11) is -3.05. The monoisotopic (exact) mass is 754 g/mol. The number of aromatic nitrogens is 4. The minimum absolute atomic E-state index is 0.148. The maximum Gasteiger partial charge on any atom is 0.358 e. The molecule has 1 aliphatic rings. The maximum absolute atomic E-state index is 13.1. The van der Waals surface area contributed by atoms with Gasteiger partial charge in [0.1, 0.15) is 6.73 Å². The molecule has 5 rings (SSSR count). The van der Waals surface area contributed by atoms with Crippen LogP contribution in [0.3, 0.4) is 0 Å². The van der Waals surface area contributed by atoms with Crippen LogP contribution in [0.15, 0.2) is 29.3 Å². The lowest BCUT2D eigenvalue weighted by Crippen LogP contribution is -2.41. The van der Waals surface area contributed by atoms with Gasteiger partial charge in [0.05, 0.1) is 16.8 Å². The fraction of sp³-hybridized carbons (Fsp3) is 0.583. The zero-order valence-electron chi connectivity index (χ0n) is 31.5. The first kappa shape index (κ1) is 38.5. The van der Waals surface area contributed by atoms with Gasteiger partial charge in [-0.1, -0.05) is 63.9 Å². The van der Waals surface area contributed by atoms with Crippen LogP contribution in [0.25, 0.3) is 10.2 Å². The summed E-state index contributed by atoms with van der Waals surface area (Å²) in [6.45, 7) is 25.1. The van der Waals surface area contributed by atoms with Gasteiger partial charge in [0.25, 0.3) is 0 Å². The Morgan fingerprint density at radius 3 is 2.54 bits per heavy atom. The zero-order chi connectivity index (χ0) is 36.3. The van der Waals surface area contributed by atoms with E-state index in [0.29, 0.717) is 37.9 Å². The number of rotatable bonds is 14. The van der Waals surface area contributed by atoms with Crippen LogP contribution in [-0.4, -0.2) is 68.5 Å². The molecule has 1 aromatic carbocycles. The van der Waals surface area contributed by atoms with Crippen molar-refractivity contribution in [2.24, 2.45) is 4.99 Å². The van der Waals surface area contributed by atoms with Crippen molar-refractivity contribution in [1.82, 2.24) is 19.7 Å². The lowest BCUT2D eigenvalue weighted by molar-refractivity contribution is 0.0519. The van der Waals surface area contributed by atoms with Crippen LogP contribution >= 0.6 is 22.7 Å². The van der Waals surface area contributed by atoms with Crippen LogP contribution in [0.5, 0.6) is 0 Å². The molecule has 0 saturated carbocycles. The van der Waals surface area contributed by atoms with E-state index in [9.17, 15) is 4.79 Å². The third kappa shape index (κ3) is 8.99. The molecule has 4 heterocycles. The maximum atomic E-state index is 13.1. The molecule has 10 nitrogen and oxygen atoms in total. The molecule has 0 amide bonds. The molecule has 0 bridgehead atoms. The number of carbonyl (C=O) groups excluding carboxylic acids is 1. The molecule has 1 aliphatic heterocycles. The predicted molar refractivity (Wildman–Crippen MR) is 211 cm³/mol. The summed E-state index contributed by atoms with van der Waals surface area (Å²) in [6, 6.07) is 9.45. The summed E-state index contributed by atoms with van der Waals surface area (Å²) in [5.74, 6) is 1.01. The van der Waals surface area contributed by atoms with Crippen molar-refractivity contribution in [2.45, 2.75) is 111 Å². The molecule has 0 N–H and O–H groups in total. The molecule has 272 valence electrons. The Balaban J connectivity index is 1.42. The third-order valence-electron chi connectivity index (χ3n) is 9.57. The van der Waals surface area contributed by atoms with Gasteiger partial charge in [-0.3, -0.25) is 4.57 Å². The number of para-hydroxylation sites is 1. The molecule has 0 saturated heterocycles. The highest BCUT2D eigenvalue weighted by Gasteiger charge is 2.37. The van der Waals surface area contributed by atoms with Crippen LogP contribution in [-0.2, 0) is 33.5 Å². The van der Waals surface area contributed by atoms with E-state index in [1.54, 1.807) is 22.7 Å². The first-order valence-corrected chi connectivity index (χ1v) is 26.0. The first-order chi connectivity index (χ1) is 23.6. The van der Waals surface area contributed by atoms with Crippen molar-refractivity contribution in [2.75, 3.05) is 31.3 Å². The molecule has 0 aliphatic carbocycles. The van der Waals surface area contributed by atoms with E-state index in [1.165, 1.54) is 0 Å². The molecule has 4 aromatic rings. The smallest absolute Gasteiger partial charge is 0.358 e. The Bertz CT molecular complexity index is 1870. The highest BCUT2D eigenvalue weighted by molar-refractivity contribution is 7.16. The summed E-state index contributed by atoms with van der Waals surface area (Å²) in [6.07, 6.45) is 3.30. The molecular weight excluding hydrogens is 701 g/mol. The van der Waals surface area contributed by atoms with Gasteiger partial charge in [-0.05, 0) is 75.8 Å². The highest BCUT2D eigenvalue weighted by Crippen LogP contribution is 2.39. The molecule has 0 unspecified atom stereocenters. The first-order valence-electron chi connectivity index (χ1n) is 17.7. The molecule has 0 spiro atoms. The van der Waals surface area contributed by atoms with Gasteiger partial charge in [0, 0.05) is 43.8 Å². The van der Waals surface area contributed by atoms with Crippen LogP contribution < -0.4 is 9.70 Å². The van der Waals surface area contributed by atoms with Crippen molar-refractivity contribution in [1.29, 1.82) is 0 Å². The van der Waals surface area contributed by atoms with Crippen LogP contribution in [0.1, 0.15) is 67.0 Å². The van der Waals surface area contributed by atoms with Gasteiger partial charge in [-0.25, -0.2) is 9.78 Å². The van der Waals surface area contributed by atoms with E-state index in [1.807, 2.05) is 6.92 Å². The van der Waals surface area contributed by atoms with E-state index in [0.717, 1.165) is 80.4 Å². The number of anilines is 2. The van der Waals surface area contributed by atoms with Gasteiger partial charge in [0.15, 0.2) is 35.6 Å². The lowest BCUT2D eigenvalue weighted by atomic mass is 10.0. The van der Waals surface area contributed by atoms with Crippen molar-refractivity contribution in [3.8, 4) is 0 Å². The fourth-order valence-corrected chi connectivity index (χ4v) is 9.46. The molecule has 50 heavy (non-hydrogen) atoms. The summed E-state index contributed by atoms with van der Waals surface area (Å²) in [5.41, 5.74) is 3.61. The van der Waals surface area contributed by atoms with Crippen molar-refractivity contribution in [3.05, 3.63) is 50.8 Å². The number of hydrogen-bond donors (Lipinski definition) is 0. The Labute approximate surface area is 307 Å². The van der Waals surface area contributed by atoms with Crippen molar-refractivity contribution >= 4 is 72.0 Å². The standard InChI is InChI=1S/C36H54N6O4S2Si2/c1-11-45-33(43)30-29(19-15-21-46-50(9,10)36(3,4)5)48-34(37-30)41-20-14-16-26-25(2)31(39-40-32(26)41)38-35-42(24-44-22-23-49(6,7)8)27-17-12-13-18-28(27)47-35/h12-13,17-18H,11,14-16,19-24H2,1-10H3. The fourth-order valence-electron chi connectivity index (χ4n) is 5.48. The van der Waals surface area contributed by atoms with Crippen LogP contribution in [0.2, 0.25) is 43.8 Å². The van der Waals surface area contributed by atoms with Crippen LogP contribution in [0, 0.1) is 6.92 Å². The quantitative estimate of drug-likeness (QED) is 0.0714. The zero-order valence-corrected chi connectivity index (χ0v) is 35.1. The largest absolute Gasteiger partial charge is 0.461 e. The Hall–Kier alpha value is -2.76. The Morgan fingerprint density at radius 1 is 1.06 bits per heavy atom. The molecule has 0 radical (unpaired) electrons. The number of hydrogen-bond acceptors (Lipinski definition) is 11. The van der Waals surface area contributed by atoms with Gasteiger partial charge in [-0.2, -0.15) is 4.99 Å². The topological polar surface area (TPSA) is 104 Å². The summed E-state index contributed by atoms with van der Waals surface area (Å²) in [4.78, 5) is 26.9. The average molecular weight is 755 g/mol. The number of esters is 1. The number of fused-ring (bicyclic) bond motifs is 2. The second kappa shape index (κ2) is 15.9. The van der Waals surface area contributed by atoms with Crippen molar-refractivity contribution in [3.63, 3.8) is 0 Å². The summed E-state index contributed by atoms with van der Waals surface area (Å²) < 4.78 is 21.3. The average Bonchev–Trinajstić information content (AvgIpc) is 3.63. The van der Waals surface area contributed by atoms with E-state index >= 15 is 0 Å². The molecule has 14 heteroatoms. The summed E-state index contributed by atoms with van der Waals surface area (Å²) in [5, 5.41) is 10.3. The van der Waals surface area contributed by atoms with Gasteiger partial charge in [0.2, 0.25) is 0 Å². The molecule has 0 fully saturated rings. The highest BCUT2D eigenvalue weighted by atomic mass is 32.1. The van der Waals surface area contributed by atoms with E-state index in [4.69, 9.17) is 29.0 Å². The van der Waals surface area contributed by atoms with Gasteiger partial charge >= 0.3 is 5.97 Å². The third-order valence-corrected chi connectivity index (χ3v) is 18.0. The number of thiazole rings is 2. The minimum Gasteiger partial charge on any atom is -0.461 e. The second-order valence-corrected chi connectivity index (χ2v) is 28.1. The number of nitrogens with zero attached hydrogens (tertiary/aromatic N) is 6. The SMILES string of the molecule is CCOC(=O)c1nc(N2CCCc3c2nnc(N=c2sc4ccccc4n2COCC[Si](C)(C)C)c3C)sc1CCCO[Si](C)(C)C(C)(C)C. The molecule has 0 atom stereocenters. The van der Waals surface area contributed by atoms with E-state index < -0.39 is 16.4 Å². The van der Waals surface area contributed by atoms with Crippen molar-refractivity contribution < 1.29 is 18.7 Å². The van der Waals surface area contributed by atoms with Crippen LogP contribution in [0.4, 0.5) is 16.8 Å². The normalized spacial score (nSPS) is 14.4. The Morgan fingerprint density at radius 2 is 1.82 bits per heavy atom. The van der Waals surface area contributed by atoms with E-state index in [-0.39, 0.29) is 11.0 Å². The van der Waals surface area contributed by atoms with Gasteiger partial charge < -0.3 is 18.8 Å².